The lowest BCUT2D eigenvalue weighted by molar-refractivity contribution is 1.18. The van der Waals surface area contributed by atoms with Crippen molar-refractivity contribution in [1.82, 2.24) is 14.5 Å². The number of hydrogen-bond donors (Lipinski definition) is 0. The van der Waals surface area contributed by atoms with E-state index in [0.717, 1.165) is 39.1 Å². The highest BCUT2D eigenvalue weighted by molar-refractivity contribution is 7.26. The van der Waals surface area contributed by atoms with Gasteiger partial charge in [-0.1, -0.05) is 66.7 Å². The van der Waals surface area contributed by atoms with Crippen molar-refractivity contribution in [2.45, 2.75) is 0 Å². The van der Waals surface area contributed by atoms with Gasteiger partial charge in [0.15, 0.2) is 0 Å². The SMILES string of the molecule is c1ccc(-c2ccc3c(n2)c2ccc4sc5ccccc5c4c2n3-c2ccc(-c3cccnc3)cc2)cc1. The molecule has 4 aromatic carbocycles. The Morgan fingerprint density at radius 1 is 0.579 bits per heavy atom. The molecular weight excluding hydrogens is 482 g/mol. The molecule has 0 bridgehead atoms. The molecule has 0 fully saturated rings. The molecule has 0 radical (unpaired) electrons. The maximum atomic E-state index is 5.23. The van der Waals surface area contributed by atoms with Crippen molar-refractivity contribution < 1.29 is 0 Å². The molecule has 4 heteroatoms. The number of pyridine rings is 2. The molecule has 0 saturated heterocycles. The number of rotatable bonds is 3. The molecule has 0 aliphatic rings. The Kier molecular flexibility index (Phi) is 4.69. The van der Waals surface area contributed by atoms with Gasteiger partial charge in [-0.3, -0.25) is 4.98 Å². The minimum atomic E-state index is 0.986. The van der Waals surface area contributed by atoms with E-state index in [9.17, 15) is 0 Å². The van der Waals surface area contributed by atoms with E-state index in [1.807, 2.05) is 35.9 Å². The first-order valence-electron chi connectivity index (χ1n) is 12.7. The third kappa shape index (κ3) is 3.21. The number of thiophene rings is 1. The smallest absolute Gasteiger partial charge is 0.0971 e. The van der Waals surface area contributed by atoms with E-state index in [0.29, 0.717) is 0 Å². The molecule has 0 N–H and O–H groups in total. The monoisotopic (exact) mass is 503 g/mol. The summed E-state index contributed by atoms with van der Waals surface area (Å²) in [5.74, 6) is 0. The lowest BCUT2D eigenvalue weighted by atomic mass is 10.1. The zero-order valence-corrected chi connectivity index (χ0v) is 21.2. The Labute approximate surface area is 223 Å². The van der Waals surface area contributed by atoms with Crippen LogP contribution >= 0.6 is 11.3 Å². The quantitative estimate of drug-likeness (QED) is 0.240. The van der Waals surface area contributed by atoms with Crippen LogP contribution in [-0.4, -0.2) is 14.5 Å². The van der Waals surface area contributed by atoms with Crippen molar-refractivity contribution in [3.8, 4) is 28.1 Å². The van der Waals surface area contributed by atoms with Gasteiger partial charge in [-0.15, -0.1) is 11.3 Å². The molecule has 8 rings (SSSR count). The van der Waals surface area contributed by atoms with Gasteiger partial charge < -0.3 is 4.57 Å². The van der Waals surface area contributed by atoms with Crippen LogP contribution in [-0.2, 0) is 0 Å². The van der Waals surface area contributed by atoms with Gasteiger partial charge in [0.1, 0.15) is 0 Å². The summed E-state index contributed by atoms with van der Waals surface area (Å²) in [5, 5.41) is 3.75. The second-order valence-electron chi connectivity index (χ2n) is 9.49. The van der Waals surface area contributed by atoms with Crippen LogP contribution in [0.2, 0.25) is 0 Å². The summed E-state index contributed by atoms with van der Waals surface area (Å²) in [6.45, 7) is 0. The first kappa shape index (κ1) is 21.3. The van der Waals surface area contributed by atoms with Gasteiger partial charge in [0.2, 0.25) is 0 Å². The van der Waals surface area contributed by atoms with Crippen molar-refractivity contribution in [3.63, 3.8) is 0 Å². The lowest BCUT2D eigenvalue weighted by Crippen LogP contribution is -1.95. The molecule has 0 spiro atoms. The number of nitrogens with zero attached hydrogens (tertiary/aromatic N) is 3. The number of benzene rings is 4. The Morgan fingerprint density at radius 2 is 1.39 bits per heavy atom. The zero-order valence-electron chi connectivity index (χ0n) is 20.4. The fourth-order valence-corrected chi connectivity index (χ4v) is 6.66. The summed E-state index contributed by atoms with van der Waals surface area (Å²) < 4.78 is 4.98. The minimum Gasteiger partial charge on any atom is -0.307 e. The van der Waals surface area contributed by atoms with Crippen LogP contribution in [0.1, 0.15) is 0 Å². The van der Waals surface area contributed by atoms with E-state index < -0.39 is 0 Å². The van der Waals surface area contributed by atoms with Crippen LogP contribution in [0, 0.1) is 0 Å². The standard InChI is InChI=1S/C34H21N3S/c1-2-7-23(8-3-1)28-17-18-29-33(36-28)27-16-19-31-32(26-10-4-5-11-30(26)38-31)34(27)37(29)25-14-12-22(13-15-25)24-9-6-20-35-21-24/h1-21H. The molecular formula is C34H21N3S. The van der Waals surface area contributed by atoms with Crippen LogP contribution in [0.3, 0.4) is 0 Å². The summed E-state index contributed by atoms with van der Waals surface area (Å²) >= 11 is 1.85. The first-order chi connectivity index (χ1) is 18.8. The largest absolute Gasteiger partial charge is 0.307 e. The summed E-state index contributed by atoms with van der Waals surface area (Å²) in [6, 6.07) is 40.8. The summed E-state index contributed by atoms with van der Waals surface area (Å²) in [5.41, 5.74) is 8.83. The Hall–Kier alpha value is -4.80. The summed E-state index contributed by atoms with van der Waals surface area (Å²) in [7, 11) is 0. The van der Waals surface area contributed by atoms with Crippen LogP contribution in [0.5, 0.6) is 0 Å². The van der Waals surface area contributed by atoms with Crippen molar-refractivity contribution in [2.75, 3.05) is 0 Å². The van der Waals surface area contributed by atoms with Crippen molar-refractivity contribution in [2.24, 2.45) is 0 Å². The molecule has 0 aliphatic heterocycles. The molecule has 0 atom stereocenters. The average Bonchev–Trinajstić information content (AvgIpc) is 3.53. The highest BCUT2D eigenvalue weighted by Gasteiger charge is 2.19. The van der Waals surface area contributed by atoms with Gasteiger partial charge in [-0.05, 0) is 59.7 Å². The zero-order chi connectivity index (χ0) is 25.1. The highest BCUT2D eigenvalue weighted by Crippen LogP contribution is 2.43. The normalized spacial score (nSPS) is 11.7. The second kappa shape index (κ2) is 8.37. The van der Waals surface area contributed by atoms with Crippen LogP contribution in [0.15, 0.2) is 128 Å². The van der Waals surface area contributed by atoms with Gasteiger partial charge in [0, 0.05) is 49.2 Å². The van der Waals surface area contributed by atoms with Crippen LogP contribution in [0.25, 0.3) is 70.2 Å². The van der Waals surface area contributed by atoms with E-state index in [2.05, 4.69) is 113 Å². The lowest BCUT2D eigenvalue weighted by Gasteiger charge is -2.10. The van der Waals surface area contributed by atoms with E-state index in [4.69, 9.17) is 4.98 Å². The molecule has 0 amide bonds. The average molecular weight is 504 g/mol. The Bertz CT molecular complexity index is 2110. The number of aromatic nitrogens is 3. The Balaban J connectivity index is 1.46. The van der Waals surface area contributed by atoms with Crippen molar-refractivity contribution in [3.05, 3.63) is 128 Å². The molecule has 4 aromatic heterocycles. The molecule has 178 valence electrons. The van der Waals surface area contributed by atoms with E-state index in [-0.39, 0.29) is 0 Å². The predicted octanol–water partition coefficient (Wildman–Crippen LogP) is 9.28. The third-order valence-electron chi connectivity index (χ3n) is 7.30. The second-order valence-corrected chi connectivity index (χ2v) is 10.6. The molecule has 0 unspecified atom stereocenters. The molecule has 38 heavy (non-hydrogen) atoms. The van der Waals surface area contributed by atoms with E-state index in [1.165, 1.54) is 31.1 Å². The minimum absolute atomic E-state index is 0.986. The fourth-order valence-electron chi connectivity index (χ4n) is 5.55. The van der Waals surface area contributed by atoms with E-state index in [1.54, 1.807) is 0 Å². The fraction of sp³-hybridized carbons (Fsp3) is 0. The van der Waals surface area contributed by atoms with Crippen LogP contribution in [0.4, 0.5) is 0 Å². The summed E-state index contributed by atoms with van der Waals surface area (Å²) in [6.07, 6.45) is 3.72. The van der Waals surface area contributed by atoms with Gasteiger partial charge in [0.05, 0.1) is 22.2 Å². The molecule has 0 saturated carbocycles. The topological polar surface area (TPSA) is 30.7 Å². The summed E-state index contributed by atoms with van der Waals surface area (Å²) in [4.78, 5) is 9.52. The molecule has 0 aliphatic carbocycles. The van der Waals surface area contributed by atoms with Gasteiger partial charge >= 0.3 is 0 Å². The Morgan fingerprint density at radius 3 is 2.24 bits per heavy atom. The molecule has 3 nitrogen and oxygen atoms in total. The van der Waals surface area contributed by atoms with Gasteiger partial charge in [-0.25, -0.2) is 4.98 Å². The molecule has 4 heterocycles. The third-order valence-corrected chi connectivity index (χ3v) is 8.44. The van der Waals surface area contributed by atoms with E-state index >= 15 is 0 Å². The number of hydrogen-bond acceptors (Lipinski definition) is 3. The van der Waals surface area contributed by atoms with Gasteiger partial charge in [0.25, 0.3) is 0 Å². The molecule has 8 aromatic rings. The predicted molar refractivity (Wildman–Crippen MR) is 160 cm³/mol. The van der Waals surface area contributed by atoms with Gasteiger partial charge in [-0.2, -0.15) is 0 Å². The maximum Gasteiger partial charge on any atom is 0.0971 e. The highest BCUT2D eigenvalue weighted by atomic mass is 32.1. The van der Waals surface area contributed by atoms with Crippen molar-refractivity contribution >= 4 is 53.4 Å². The maximum absolute atomic E-state index is 5.23. The van der Waals surface area contributed by atoms with Crippen molar-refractivity contribution in [1.29, 1.82) is 0 Å². The first-order valence-corrected chi connectivity index (χ1v) is 13.5. The van der Waals surface area contributed by atoms with Crippen LogP contribution < -0.4 is 0 Å². The number of fused-ring (bicyclic) bond motifs is 7.